The van der Waals surface area contributed by atoms with Crippen molar-refractivity contribution in [3.8, 4) is 0 Å². The standard InChI is InChI=1S/C19H33N/c1-5-17(4)12-10-8-6-7-9-11-13-20-19-14-18(15-19)16(2)3/h5,18-20H,1-2,4,6-15H2,3H3. The molecular weight excluding hydrogens is 242 g/mol. The van der Waals surface area contributed by atoms with Crippen LogP contribution in [0.5, 0.6) is 0 Å². The summed E-state index contributed by atoms with van der Waals surface area (Å²) < 4.78 is 0. The molecule has 1 N–H and O–H groups in total. The van der Waals surface area contributed by atoms with E-state index in [9.17, 15) is 0 Å². The van der Waals surface area contributed by atoms with Crippen molar-refractivity contribution >= 4 is 0 Å². The molecule has 0 atom stereocenters. The summed E-state index contributed by atoms with van der Waals surface area (Å²) in [5, 5.41) is 3.66. The van der Waals surface area contributed by atoms with Crippen molar-refractivity contribution in [2.75, 3.05) is 6.54 Å². The normalized spacial score (nSPS) is 21.2. The Morgan fingerprint density at radius 2 is 1.65 bits per heavy atom. The van der Waals surface area contributed by atoms with E-state index in [0.717, 1.165) is 18.4 Å². The fourth-order valence-electron chi connectivity index (χ4n) is 2.78. The number of nitrogens with one attached hydrogen (secondary N) is 1. The van der Waals surface area contributed by atoms with Gasteiger partial charge in [-0.1, -0.05) is 62.6 Å². The van der Waals surface area contributed by atoms with Gasteiger partial charge in [0.15, 0.2) is 0 Å². The summed E-state index contributed by atoms with van der Waals surface area (Å²) in [4.78, 5) is 0. The van der Waals surface area contributed by atoms with Gasteiger partial charge in [0.05, 0.1) is 0 Å². The number of rotatable bonds is 12. The fourth-order valence-corrected chi connectivity index (χ4v) is 2.78. The van der Waals surface area contributed by atoms with Crippen molar-refractivity contribution in [3.05, 3.63) is 37.0 Å². The van der Waals surface area contributed by atoms with Gasteiger partial charge < -0.3 is 5.32 Å². The summed E-state index contributed by atoms with van der Waals surface area (Å²) in [5.41, 5.74) is 2.55. The molecule has 1 saturated carbocycles. The summed E-state index contributed by atoms with van der Waals surface area (Å²) in [5.74, 6) is 0.790. The Bertz CT molecular complexity index is 310. The largest absolute Gasteiger partial charge is 0.314 e. The van der Waals surface area contributed by atoms with Crippen LogP contribution in [0.25, 0.3) is 0 Å². The van der Waals surface area contributed by atoms with Gasteiger partial charge in [0.25, 0.3) is 0 Å². The van der Waals surface area contributed by atoms with Crippen molar-refractivity contribution in [3.63, 3.8) is 0 Å². The summed E-state index contributed by atoms with van der Waals surface area (Å²) in [6.07, 6.45) is 13.7. The van der Waals surface area contributed by atoms with Crippen LogP contribution >= 0.6 is 0 Å². The summed E-state index contributed by atoms with van der Waals surface area (Å²) in [6, 6.07) is 0.765. The van der Waals surface area contributed by atoms with Gasteiger partial charge in [0.1, 0.15) is 0 Å². The van der Waals surface area contributed by atoms with E-state index in [1.807, 2.05) is 6.08 Å². The molecule has 0 aromatic carbocycles. The molecule has 0 saturated heterocycles. The quantitative estimate of drug-likeness (QED) is 0.285. The second kappa shape index (κ2) is 9.99. The predicted octanol–water partition coefficient (Wildman–Crippen LogP) is 5.40. The third-order valence-electron chi connectivity index (χ3n) is 4.48. The van der Waals surface area contributed by atoms with Gasteiger partial charge in [-0.2, -0.15) is 0 Å². The van der Waals surface area contributed by atoms with Gasteiger partial charge in [0.2, 0.25) is 0 Å². The molecule has 1 aliphatic carbocycles. The zero-order chi connectivity index (χ0) is 14.8. The van der Waals surface area contributed by atoms with Crippen LogP contribution in [0, 0.1) is 5.92 Å². The minimum absolute atomic E-state index is 0.765. The molecular formula is C19H33N. The third kappa shape index (κ3) is 7.09. The first-order chi connectivity index (χ1) is 9.63. The lowest BCUT2D eigenvalue weighted by Crippen LogP contribution is -2.41. The van der Waals surface area contributed by atoms with Gasteiger partial charge in [-0.05, 0) is 51.5 Å². The lowest BCUT2D eigenvalue weighted by atomic mass is 9.76. The van der Waals surface area contributed by atoms with Gasteiger partial charge in [-0.3, -0.25) is 0 Å². The van der Waals surface area contributed by atoms with Crippen LogP contribution in [0.1, 0.15) is 64.7 Å². The Morgan fingerprint density at radius 3 is 2.25 bits per heavy atom. The van der Waals surface area contributed by atoms with Crippen LogP contribution < -0.4 is 5.32 Å². The molecule has 0 aromatic rings. The average molecular weight is 275 g/mol. The van der Waals surface area contributed by atoms with E-state index in [0.29, 0.717) is 0 Å². The number of hydrogen-bond acceptors (Lipinski definition) is 1. The van der Waals surface area contributed by atoms with E-state index in [1.54, 1.807) is 0 Å². The number of hydrogen-bond donors (Lipinski definition) is 1. The first-order valence-electron chi connectivity index (χ1n) is 8.32. The highest BCUT2D eigenvalue weighted by Crippen LogP contribution is 2.32. The second-order valence-electron chi connectivity index (χ2n) is 6.40. The number of allylic oxidation sites excluding steroid dienone is 3. The van der Waals surface area contributed by atoms with Gasteiger partial charge in [-0.15, -0.1) is 0 Å². The Hall–Kier alpha value is -0.820. The van der Waals surface area contributed by atoms with Crippen molar-refractivity contribution < 1.29 is 0 Å². The second-order valence-corrected chi connectivity index (χ2v) is 6.40. The molecule has 0 radical (unpaired) electrons. The molecule has 1 aliphatic rings. The molecule has 0 bridgehead atoms. The van der Waals surface area contributed by atoms with Crippen molar-refractivity contribution in [1.82, 2.24) is 5.32 Å². The average Bonchev–Trinajstić information content (AvgIpc) is 2.37. The maximum Gasteiger partial charge on any atom is 0.00784 e. The molecule has 20 heavy (non-hydrogen) atoms. The van der Waals surface area contributed by atoms with Crippen LogP contribution in [0.4, 0.5) is 0 Å². The van der Waals surface area contributed by atoms with Crippen LogP contribution in [0.2, 0.25) is 0 Å². The van der Waals surface area contributed by atoms with E-state index in [2.05, 4.69) is 32.0 Å². The van der Waals surface area contributed by atoms with Crippen LogP contribution in [0.15, 0.2) is 37.0 Å². The minimum Gasteiger partial charge on any atom is -0.314 e. The Balaban J connectivity index is 1.79. The van der Waals surface area contributed by atoms with E-state index < -0.39 is 0 Å². The van der Waals surface area contributed by atoms with E-state index in [-0.39, 0.29) is 0 Å². The van der Waals surface area contributed by atoms with E-state index in [4.69, 9.17) is 0 Å². The number of unbranched alkanes of at least 4 members (excludes halogenated alkanes) is 5. The monoisotopic (exact) mass is 275 g/mol. The first-order valence-corrected chi connectivity index (χ1v) is 8.32. The molecule has 0 unspecified atom stereocenters. The zero-order valence-electron chi connectivity index (χ0n) is 13.4. The summed E-state index contributed by atoms with van der Waals surface area (Å²) >= 11 is 0. The van der Waals surface area contributed by atoms with Crippen molar-refractivity contribution in [2.45, 2.75) is 70.8 Å². The fraction of sp³-hybridized carbons (Fsp3) is 0.684. The molecule has 1 nitrogen and oxygen atoms in total. The smallest absolute Gasteiger partial charge is 0.00784 e. The predicted molar refractivity (Wildman–Crippen MR) is 91.0 cm³/mol. The summed E-state index contributed by atoms with van der Waals surface area (Å²) in [6.45, 7) is 15.1. The van der Waals surface area contributed by atoms with Crippen molar-refractivity contribution in [2.24, 2.45) is 5.92 Å². The molecule has 1 fully saturated rings. The maximum atomic E-state index is 4.03. The minimum atomic E-state index is 0.765. The molecule has 1 heteroatoms. The van der Waals surface area contributed by atoms with Gasteiger partial charge in [-0.25, -0.2) is 0 Å². The van der Waals surface area contributed by atoms with Crippen LogP contribution in [-0.4, -0.2) is 12.6 Å². The topological polar surface area (TPSA) is 12.0 Å². The van der Waals surface area contributed by atoms with Crippen molar-refractivity contribution in [1.29, 1.82) is 0 Å². The molecule has 0 aliphatic heterocycles. The van der Waals surface area contributed by atoms with Gasteiger partial charge >= 0.3 is 0 Å². The highest BCUT2D eigenvalue weighted by Gasteiger charge is 2.28. The van der Waals surface area contributed by atoms with Crippen LogP contribution in [-0.2, 0) is 0 Å². The van der Waals surface area contributed by atoms with E-state index in [1.165, 1.54) is 69.1 Å². The lowest BCUT2D eigenvalue weighted by Gasteiger charge is -2.36. The molecule has 0 aromatic heterocycles. The van der Waals surface area contributed by atoms with Crippen LogP contribution in [0.3, 0.4) is 0 Å². The molecule has 0 spiro atoms. The third-order valence-corrected chi connectivity index (χ3v) is 4.48. The summed E-state index contributed by atoms with van der Waals surface area (Å²) in [7, 11) is 0. The molecule has 114 valence electrons. The van der Waals surface area contributed by atoms with E-state index >= 15 is 0 Å². The lowest BCUT2D eigenvalue weighted by molar-refractivity contribution is 0.256. The zero-order valence-corrected chi connectivity index (χ0v) is 13.4. The Kier molecular flexibility index (Phi) is 8.60. The molecule has 0 heterocycles. The maximum absolute atomic E-state index is 4.03. The van der Waals surface area contributed by atoms with Gasteiger partial charge in [0, 0.05) is 6.04 Å². The Morgan fingerprint density at radius 1 is 1.05 bits per heavy atom. The molecule has 1 rings (SSSR count). The SMILES string of the molecule is C=CC(=C)CCCCCCCCNC1CC(C(=C)C)C1. The first kappa shape index (κ1) is 17.2. The highest BCUT2D eigenvalue weighted by atomic mass is 14.9. The molecule has 0 amide bonds. The highest BCUT2D eigenvalue weighted by molar-refractivity contribution is 5.10. The Labute approximate surface area is 126 Å².